The summed E-state index contributed by atoms with van der Waals surface area (Å²) < 4.78 is 49.7. The summed E-state index contributed by atoms with van der Waals surface area (Å²) in [6, 6.07) is 17.0. The van der Waals surface area contributed by atoms with Gasteiger partial charge >= 0.3 is 18.6 Å². The first-order valence-corrected chi connectivity index (χ1v) is 19.7. The zero-order valence-electron chi connectivity index (χ0n) is 31.5. The molecule has 0 bridgehead atoms. The minimum Gasteiger partial charge on any atom is -0.619 e. The number of nitrogens with one attached hydrogen (secondary N) is 1. The molecule has 0 spiro atoms. The second-order valence-electron chi connectivity index (χ2n) is 14.4. The van der Waals surface area contributed by atoms with E-state index in [0.29, 0.717) is 28.0 Å². The Morgan fingerprint density at radius 2 is 1.74 bits per heavy atom. The van der Waals surface area contributed by atoms with Crippen LogP contribution in [0.1, 0.15) is 77.9 Å². The quantitative estimate of drug-likeness (QED) is 0.0614. The van der Waals surface area contributed by atoms with Crippen molar-refractivity contribution in [2.45, 2.75) is 70.9 Å². The van der Waals surface area contributed by atoms with E-state index in [0.717, 1.165) is 44.7 Å². The van der Waals surface area contributed by atoms with Crippen LogP contribution in [0.25, 0.3) is 0 Å². The smallest absolute Gasteiger partial charge is 0.387 e. The van der Waals surface area contributed by atoms with Crippen LogP contribution in [0.2, 0.25) is 10.0 Å². The molecule has 15 heteroatoms. The molecular formula is C42H45Cl2F2N3O8. The van der Waals surface area contributed by atoms with Crippen molar-refractivity contribution in [1.82, 2.24) is 10.2 Å². The maximum absolute atomic E-state index is 14.0. The van der Waals surface area contributed by atoms with Crippen molar-refractivity contribution in [2.75, 3.05) is 26.2 Å². The van der Waals surface area contributed by atoms with Crippen LogP contribution in [0, 0.1) is 17.0 Å². The van der Waals surface area contributed by atoms with E-state index in [4.69, 9.17) is 42.1 Å². The molecule has 4 atom stereocenters. The van der Waals surface area contributed by atoms with Crippen LogP contribution in [0.4, 0.5) is 8.78 Å². The highest BCUT2D eigenvalue weighted by Crippen LogP contribution is 2.39. The second-order valence-corrected chi connectivity index (χ2v) is 15.2. The van der Waals surface area contributed by atoms with Crippen molar-refractivity contribution in [3.63, 3.8) is 0 Å². The molecule has 304 valence electrons. The molecule has 11 nitrogen and oxygen atoms in total. The maximum Gasteiger partial charge on any atom is 0.387 e. The zero-order chi connectivity index (χ0) is 40.6. The van der Waals surface area contributed by atoms with Gasteiger partial charge in [-0.15, -0.1) is 0 Å². The monoisotopic (exact) mass is 827 g/mol. The van der Waals surface area contributed by atoms with Crippen molar-refractivity contribution >= 4 is 35.1 Å². The molecule has 0 radical (unpaired) electrons. The number of likely N-dealkylation sites (tertiary alicyclic amines) is 1. The van der Waals surface area contributed by atoms with Gasteiger partial charge in [0.25, 0.3) is 0 Å². The second kappa shape index (κ2) is 19.2. The summed E-state index contributed by atoms with van der Waals surface area (Å²) in [5.41, 5.74) is 1.39. The lowest BCUT2D eigenvalue weighted by atomic mass is 9.95. The Morgan fingerprint density at radius 3 is 2.42 bits per heavy atom. The largest absolute Gasteiger partial charge is 0.619 e. The molecule has 6 rings (SSSR count). The number of alkyl halides is 2. The topological polar surface area (TPSA) is 134 Å². The fourth-order valence-corrected chi connectivity index (χ4v) is 7.30. The maximum atomic E-state index is 14.0. The number of pyridine rings is 1. The van der Waals surface area contributed by atoms with Crippen molar-refractivity contribution in [1.29, 1.82) is 0 Å². The molecule has 3 aromatic carbocycles. The molecule has 2 unspecified atom stereocenters. The molecule has 1 saturated carbocycles. The minimum atomic E-state index is -3.11. The normalized spacial score (nSPS) is 18.2. The number of likely N-dealkylation sites (N-methyl/N-ethyl adjacent to an activating group) is 1. The average molecular weight is 829 g/mol. The van der Waals surface area contributed by atoms with Gasteiger partial charge in [0.15, 0.2) is 23.9 Å². The SMILES string of the molecule is CCN1CCC(C)[C@@H](OC(=O)C(NCc2cccc(C(=O)O[C@@H](Cc3c(Cl)c[n+]([O-])cc3Cl)c3ccc(OC(F)F)c(OCC4CC4)c3)c2O)c2ccccc2)C1. The number of ether oxygens (including phenoxy) is 4. The van der Waals surface area contributed by atoms with Crippen LogP contribution >= 0.6 is 23.2 Å². The van der Waals surface area contributed by atoms with Crippen molar-refractivity contribution in [2.24, 2.45) is 11.8 Å². The zero-order valence-corrected chi connectivity index (χ0v) is 33.1. The average Bonchev–Trinajstić information content (AvgIpc) is 4.02. The number of carbonyl (C=O) groups excluding carboxylic acids is 2. The number of aromatic nitrogens is 1. The lowest BCUT2D eigenvalue weighted by molar-refractivity contribution is -0.605. The highest BCUT2D eigenvalue weighted by molar-refractivity contribution is 6.35. The molecule has 1 aliphatic carbocycles. The number of nitrogens with zero attached hydrogens (tertiary/aromatic N) is 2. The van der Waals surface area contributed by atoms with E-state index in [1.807, 2.05) is 30.3 Å². The van der Waals surface area contributed by atoms with Gasteiger partial charge in [0.1, 0.15) is 39.6 Å². The summed E-state index contributed by atoms with van der Waals surface area (Å²) in [4.78, 5) is 30.0. The van der Waals surface area contributed by atoms with Gasteiger partial charge in [-0.3, -0.25) is 10.2 Å². The van der Waals surface area contributed by atoms with Crippen molar-refractivity contribution in [3.05, 3.63) is 122 Å². The lowest BCUT2D eigenvalue weighted by Gasteiger charge is -2.36. The molecule has 1 aromatic heterocycles. The summed E-state index contributed by atoms with van der Waals surface area (Å²) in [6.07, 6.45) is 3.41. The van der Waals surface area contributed by atoms with E-state index in [1.165, 1.54) is 24.3 Å². The van der Waals surface area contributed by atoms with E-state index >= 15 is 0 Å². The van der Waals surface area contributed by atoms with Gasteiger partial charge < -0.3 is 29.3 Å². The predicted octanol–water partition coefficient (Wildman–Crippen LogP) is 7.97. The summed E-state index contributed by atoms with van der Waals surface area (Å²) in [5.74, 6) is -1.48. The third kappa shape index (κ3) is 11.0. The van der Waals surface area contributed by atoms with Crippen LogP contribution in [0.3, 0.4) is 0 Å². The summed E-state index contributed by atoms with van der Waals surface area (Å²) in [5, 5.41) is 26.7. The van der Waals surface area contributed by atoms with Gasteiger partial charge in [-0.2, -0.15) is 13.5 Å². The summed E-state index contributed by atoms with van der Waals surface area (Å²) in [6.45, 7) is 3.73. The molecule has 1 aliphatic heterocycles. The molecule has 57 heavy (non-hydrogen) atoms. The Labute approximate surface area is 340 Å². The first-order valence-electron chi connectivity index (χ1n) is 18.9. The Bertz CT molecular complexity index is 2000. The highest BCUT2D eigenvalue weighted by Gasteiger charge is 2.33. The number of para-hydroxylation sites is 1. The van der Waals surface area contributed by atoms with E-state index in [2.05, 4.69) is 24.1 Å². The Balaban J connectivity index is 1.25. The van der Waals surface area contributed by atoms with Gasteiger partial charge in [-0.25, -0.2) is 9.59 Å². The molecule has 2 N–H and O–H groups in total. The van der Waals surface area contributed by atoms with Gasteiger partial charge in [-0.05, 0) is 73.5 Å². The minimum absolute atomic E-state index is 0.00413. The first-order chi connectivity index (χ1) is 27.4. The Hall–Kier alpha value is -4.69. The molecule has 2 aliphatic rings. The number of carbonyl (C=O) groups is 2. The molecule has 1 saturated heterocycles. The van der Waals surface area contributed by atoms with Gasteiger partial charge in [0.05, 0.1) is 6.61 Å². The third-order valence-corrected chi connectivity index (χ3v) is 11.0. The number of halogens is 4. The van der Waals surface area contributed by atoms with Crippen LogP contribution in [0.15, 0.2) is 79.1 Å². The molecule has 0 amide bonds. The van der Waals surface area contributed by atoms with Gasteiger partial charge in [-0.1, -0.05) is 85.6 Å². The van der Waals surface area contributed by atoms with Crippen LogP contribution < -0.4 is 19.5 Å². The number of benzene rings is 3. The molecular weight excluding hydrogens is 783 g/mol. The number of phenolic OH excluding ortho intramolecular Hbond substituents is 1. The van der Waals surface area contributed by atoms with E-state index < -0.39 is 30.7 Å². The summed E-state index contributed by atoms with van der Waals surface area (Å²) in [7, 11) is 0. The number of phenols is 1. The highest BCUT2D eigenvalue weighted by atomic mass is 35.5. The van der Waals surface area contributed by atoms with Crippen LogP contribution in [0.5, 0.6) is 17.2 Å². The van der Waals surface area contributed by atoms with Gasteiger partial charge in [0.2, 0.25) is 0 Å². The Morgan fingerprint density at radius 1 is 1.00 bits per heavy atom. The standard InChI is InChI=1S/C42H45Cl2F2N3O8/c1-3-48-17-16-25(2)37(23-48)56-41(52)38(27-8-5-4-6-9-27)47-20-29-10-7-11-30(39(29)50)40(51)55-35(19-31-32(43)21-49(53)22-33(31)44)28-14-15-34(57-42(45)46)36(18-28)54-24-26-12-13-26/h4-11,14-15,18,21-22,25-26,35,37-38,42,47,50H,3,12-13,16-17,19-20,23-24H2,1-2H3/t25?,35-,37-,38?/m0/s1. The van der Waals surface area contributed by atoms with Crippen molar-refractivity contribution < 1.29 is 47.2 Å². The van der Waals surface area contributed by atoms with Crippen LogP contribution in [-0.2, 0) is 27.2 Å². The summed E-state index contributed by atoms with van der Waals surface area (Å²) >= 11 is 12.8. The van der Waals surface area contributed by atoms with Crippen molar-refractivity contribution in [3.8, 4) is 17.2 Å². The fraction of sp³-hybridized carbons (Fsp3) is 0.405. The van der Waals surface area contributed by atoms with Crippen LogP contribution in [-0.4, -0.2) is 60.9 Å². The number of hydrogen-bond donors (Lipinski definition) is 2. The van der Waals surface area contributed by atoms with E-state index in [9.17, 15) is 28.7 Å². The Kier molecular flexibility index (Phi) is 14.1. The number of piperidine rings is 1. The molecule has 2 fully saturated rings. The lowest BCUT2D eigenvalue weighted by Crippen LogP contribution is -2.46. The molecule has 4 aromatic rings. The van der Waals surface area contributed by atoms with E-state index in [1.54, 1.807) is 12.1 Å². The first kappa shape index (κ1) is 41.9. The number of rotatable bonds is 17. The number of aromatic hydroxyl groups is 1. The van der Waals surface area contributed by atoms with Gasteiger partial charge in [0, 0.05) is 30.6 Å². The fourth-order valence-electron chi connectivity index (χ4n) is 6.70. The molecule has 2 heterocycles. The third-order valence-electron chi connectivity index (χ3n) is 10.3. The van der Waals surface area contributed by atoms with E-state index in [-0.39, 0.29) is 75.9 Å². The predicted molar refractivity (Wildman–Crippen MR) is 208 cm³/mol. The number of hydrogen-bond acceptors (Lipinski definition) is 10. The number of esters is 2.